The quantitative estimate of drug-likeness (QED) is 0.739. The molecule has 132 valence electrons. The van der Waals surface area contributed by atoms with Crippen molar-refractivity contribution < 1.29 is 24.5 Å². The van der Waals surface area contributed by atoms with Crippen LogP contribution >= 0.6 is 11.6 Å². The van der Waals surface area contributed by atoms with Crippen LogP contribution in [0.5, 0.6) is 5.75 Å². The zero-order valence-corrected chi connectivity index (χ0v) is 14.3. The number of rotatable bonds is 7. The van der Waals surface area contributed by atoms with Crippen molar-refractivity contribution in [2.24, 2.45) is 0 Å². The fraction of sp³-hybridized carbons (Fsp3) is 0.316. The maximum absolute atomic E-state index is 12.0. The Balaban J connectivity index is 1.72. The van der Waals surface area contributed by atoms with Crippen LogP contribution in [0.3, 0.4) is 0 Å². The first-order chi connectivity index (χ1) is 12.1. The molecule has 0 amide bonds. The Morgan fingerprint density at radius 2 is 1.96 bits per heavy atom. The molecular weight excluding hydrogens is 344 g/mol. The molecule has 2 aromatic carbocycles. The lowest BCUT2D eigenvalue weighted by atomic mass is 9.99. The Kier molecular flexibility index (Phi) is 5.71. The minimum Gasteiger partial charge on any atom is -0.486 e. The third-order valence-corrected chi connectivity index (χ3v) is 4.40. The average molecular weight is 363 g/mol. The van der Waals surface area contributed by atoms with Crippen LogP contribution in [0.4, 0.5) is 0 Å². The van der Waals surface area contributed by atoms with Crippen molar-refractivity contribution in [2.75, 3.05) is 19.8 Å². The lowest BCUT2D eigenvalue weighted by Crippen LogP contribution is -2.38. The van der Waals surface area contributed by atoms with E-state index in [1.54, 1.807) is 18.2 Å². The molecule has 0 spiro atoms. The normalized spacial score (nSPS) is 15.5. The van der Waals surface area contributed by atoms with Gasteiger partial charge in [0.2, 0.25) is 0 Å². The SMILES string of the molecule is O=C(c1ccc(Cl)c(Cc2ccc(OC3COC3)cc2)c1)C(O)CO. The lowest BCUT2D eigenvalue weighted by Gasteiger charge is -2.26. The van der Waals surface area contributed by atoms with Gasteiger partial charge in [-0.25, -0.2) is 0 Å². The summed E-state index contributed by atoms with van der Waals surface area (Å²) in [6.45, 7) is 0.639. The van der Waals surface area contributed by atoms with Crippen molar-refractivity contribution in [3.63, 3.8) is 0 Å². The van der Waals surface area contributed by atoms with Crippen molar-refractivity contribution in [2.45, 2.75) is 18.6 Å². The first-order valence-corrected chi connectivity index (χ1v) is 8.39. The van der Waals surface area contributed by atoms with Crippen molar-refractivity contribution >= 4 is 17.4 Å². The molecule has 0 aliphatic carbocycles. The molecule has 6 heteroatoms. The van der Waals surface area contributed by atoms with Crippen molar-refractivity contribution in [1.82, 2.24) is 0 Å². The molecule has 1 aliphatic rings. The molecule has 1 heterocycles. The van der Waals surface area contributed by atoms with E-state index in [0.29, 0.717) is 30.2 Å². The van der Waals surface area contributed by atoms with Gasteiger partial charge in [0.05, 0.1) is 19.8 Å². The van der Waals surface area contributed by atoms with Crippen molar-refractivity contribution in [3.8, 4) is 5.75 Å². The third-order valence-electron chi connectivity index (χ3n) is 4.03. The van der Waals surface area contributed by atoms with E-state index < -0.39 is 18.5 Å². The number of carbonyl (C=O) groups is 1. The summed E-state index contributed by atoms with van der Waals surface area (Å²) < 4.78 is 10.8. The Labute approximate surface area is 150 Å². The van der Waals surface area contributed by atoms with Gasteiger partial charge in [-0.3, -0.25) is 4.79 Å². The van der Waals surface area contributed by atoms with Crippen LogP contribution in [0.1, 0.15) is 21.5 Å². The first-order valence-electron chi connectivity index (χ1n) is 8.01. The number of hydrogen-bond acceptors (Lipinski definition) is 5. The van der Waals surface area contributed by atoms with Crippen LogP contribution in [-0.4, -0.2) is 48.0 Å². The van der Waals surface area contributed by atoms with Crippen LogP contribution < -0.4 is 4.74 Å². The van der Waals surface area contributed by atoms with Crippen LogP contribution in [0, 0.1) is 0 Å². The zero-order valence-electron chi connectivity index (χ0n) is 13.5. The molecule has 1 atom stereocenters. The molecule has 1 unspecified atom stereocenters. The van der Waals surface area contributed by atoms with E-state index >= 15 is 0 Å². The Hall–Kier alpha value is -1.92. The minimum atomic E-state index is -1.42. The third kappa shape index (κ3) is 4.38. The fourth-order valence-corrected chi connectivity index (χ4v) is 2.70. The van der Waals surface area contributed by atoms with E-state index in [1.165, 1.54) is 0 Å². The molecule has 5 nitrogen and oxygen atoms in total. The summed E-state index contributed by atoms with van der Waals surface area (Å²) in [6.07, 6.45) is -0.746. The van der Waals surface area contributed by atoms with Gasteiger partial charge in [0.15, 0.2) is 5.78 Å². The number of aliphatic hydroxyl groups is 2. The number of ketones is 1. The topological polar surface area (TPSA) is 76.0 Å². The lowest BCUT2D eigenvalue weighted by molar-refractivity contribution is -0.0796. The average Bonchev–Trinajstić information content (AvgIpc) is 2.60. The summed E-state index contributed by atoms with van der Waals surface area (Å²) in [5, 5.41) is 19.0. The summed E-state index contributed by atoms with van der Waals surface area (Å²) in [4.78, 5) is 12.0. The second kappa shape index (κ2) is 7.97. The molecule has 0 saturated carbocycles. The standard InChI is InChI=1S/C19H19ClO5/c20-17-6-3-13(19(23)18(22)9-21)8-14(17)7-12-1-4-15(5-2-12)25-16-10-24-11-16/h1-6,8,16,18,21-22H,7,9-11H2. The highest BCUT2D eigenvalue weighted by molar-refractivity contribution is 6.31. The Bertz CT molecular complexity index is 740. The number of halogens is 1. The van der Waals surface area contributed by atoms with Gasteiger partial charge in [-0.05, 0) is 47.9 Å². The van der Waals surface area contributed by atoms with Gasteiger partial charge < -0.3 is 19.7 Å². The molecule has 2 N–H and O–H groups in total. The molecule has 0 radical (unpaired) electrons. The van der Waals surface area contributed by atoms with E-state index in [0.717, 1.165) is 16.9 Å². The predicted octanol–water partition coefficient (Wildman–Crippen LogP) is 2.24. The monoisotopic (exact) mass is 362 g/mol. The zero-order chi connectivity index (χ0) is 17.8. The van der Waals surface area contributed by atoms with Gasteiger partial charge in [0.1, 0.15) is 18.0 Å². The molecule has 1 aliphatic heterocycles. The summed E-state index contributed by atoms with van der Waals surface area (Å²) in [5.74, 6) is 0.269. The first kappa shape index (κ1) is 17.9. The number of carbonyl (C=O) groups excluding carboxylic acids is 1. The van der Waals surface area contributed by atoms with E-state index in [2.05, 4.69) is 0 Å². The maximum Gasteiger partial charge on any atom is 0.193 e. The van der Waals surface area contributed by atoms with Gasteiger partial charge in [-0.2, -0.15) is 0 Å². The molecule has 0 aromatic heterocycles. The van der Waals surface area contributed by atoms with Crippen molar-refractivity contribution in [3.05, 3.63) is 64.2 Å². The molecule has 25 heavy (non-hydrogen) atoms. The molecule has 1 saturated heterocycles. The summed E-state index contributed by atoms with van der Waals surface area (Å²) in [5.41, 5.74) is 2.12. The molecule has 2 aromatic rings. The molecule has 3 rings (SSSR count). The van der Waals surface area contributed by atoms with Gasteiger partial charge in [0, 0.05) is 10.6 Å². The van der Waals surface area contributed by atoms with Crippen LogP contribution in [0.2, 0.25) is 5.02 Å². The minimum absolute atomic E-state index is 0.126. The smallest absolute Gasteiger partial charge is 0.193 e. The summed E-state index contributed by atoms with van der Waals surface area (Å²) in [6, 6.07) is 12.5. The summed E-state index contributed by atoms with van der Waals surface area (Å²) >= 11 is 6.23. The number of hydrogen-bond donors (Lipinski definition) is 2. The maximum atomic E-state index is 12.0. The van der Waals surface area contributed by atoms with E-state index in [9.17, 15) is 9.90 Å². The van der Waals surface area contributed by atoms with Gasteiger partial charge in [-0.15, -0.1) is 0 Å². The van der Waals surface area contributed by atoms with E-state index in [-0.39, 0.29) is 6.10 Å². The predicted molar refractivity (Wildman–Crippen MR) is 93.4 cm³/mol. The van der Waals surface area contributed by atoms with Crippen LogP contribution in [0.15, 0.2) is 42.5 Å². The fourth-order valence-electron chi connectivity index (χ4n) is 2.52. The highest BCUT2D eigenvalue weighted by Crippen LogP contribution is 2.23. The van der Waals surface area contributed by atoms with E-state index in [1.807, 2.05) is 24.3 Å². The number of aliphatic hydroxyl groups excluding tert-OH is 2. The number of benzene rings is 2. The summed E-state index contributed by atoms with van der Waals surface area (Å²) in [7, 11) is 0. The highest BCUT2D eigenvalue weighted by atomic mass is 35.5. The highest BCUT2D eigenvalue weighted by Gasteiger charge is 2.20. The largest absolute Gasteiger partial charge is 0.486 e. The van der Waals surface area contributed by atoms with Gasteiger partial charge in [0.25, 0.3) is 0 Å². The second-order valence-corrected chi connectivity index (χ2v) is 6.37. The van der Waals surface area contributed by atoms with Crippen molar-refractivity contribution in [1.29, 1.82) is 0 Å². The van der Waals surface area contributed by atoms with Crippen LogP contribution in [-0.2, 0) is 11.2 Å². The van der Waals surface area contributed by atoms with Gasteiger partial charge >= 0.3 is 0 Å². The Morgan fingerprint density at radius 1 is 1.24 bits per heavy atom. The molecule has 0 bridgehead atoms. The molecular formula is C19H19ClO5. The Morgan fingerprint density at radius 3 is 2.56 bits per heavy atom. The molecule has 1 fully saturated rings. The second-order valence-electron chi connectivity index (χ2n) is 5.97. The van der Waals surface area contributed by atoms with Gasteiger partial charge in [-0.1, -0.05) is 23.7 Å². The number of ether oxygens (including phenoxy) is 2. The van der Waals surface area contributed by atoms with E-state index in [4.69, 9.17) is 26.2 Å². The van der Waals surface area contributed by atoms with Crippen LogP contribution in [0.25, 0.3) is 0 Å². The number of Topliss-reactive ketones (excluding diaryl/α,β-unsaturated/α-hetero) is 1.